The smallest absolute Gasteiger partial charge is 0.355 e. The second kappa shape index (κ2) is 4.23. The molecule has 2 aromatic rings. The summed E-state index contributed by atoms with van der Waals surface area (Å²) in [6, 6.07) is 11.5. The second-order valence-corrected chi connectivity index (χ2v) is 3.59. The second-order valence-electron chi connectivity index (χ2n) is 3.59. The molecule has 0 N–H and O–H groups in total. The number of carbonyl (C=O) groups excluding carboxylic acids is 1. The SMILES string of the molecule is COC(=O)c1cccn1-c1cccc(C)c1. The van der Waals surface area contributed by atoms with Crippen molar-refractivity contribution in [1.29, 1.82) is 0 Å². The van der Waals surface area contributed by atoms with Crippen LogP contribution in [0.4, 0.5) is 0 Å². The summed E-state index contributed by atoms with van der Waals surface area (Å²) in [5.41, 5.74) is 2.65. The molecule has 0 radical (unpaired) electrons. The van der Waals surface area contributed by atoms with Crippen LogP contribution in [0, 0.1) is 6.92 Å². The molecule has 0 aliphatic rings. The molecule has 0 saturated heterocycles. The Morgan fingerprint density at radius 1 is 1.25 bits per heavy atom. The van der Waals surface area contributed by atoms with Crippen molar-refractivity contribution in [2.75, 3.05) is 7.11 Å². The number of carbonyl (C=O) groups is 1. The van der Waals surface area contributed by atoms with E-state index in [-0.39, 0.29) is 5.97 Å². The van der Waals surface area contributed by atoms with Crippen LogP contribution in [0.25, 0.3) is 5.69 Å². The molecule has 3 heteroatoms. The molecule has 0 spiro atoms. The first-order valence-electron chi connectivity index (χ1n) is 5.05. The number of hydrogen-bond donors (Lipinski definition) is 0. The topological polar surface area (TPSA) is 31.2 Å². The highest BCUT2D eigenvalue weighted by atomic mass is 16.5. The van der Waals surface area contributed by atoms with E-state index in [1.807, 2.05) is 48.0 Å². The molecule has 1 heterocycles. The Kier molecular flexibility index (Phi) is 2.77. The van der Waals surface area contributed by atoms with Crippen LogP contribution in [0.3, 0.4) is 0 Å². The summed E-state index contributed by atoms with van der Waals surface area (Å²) in [7, 11) is 1.38. The van der Waals surface area contributed by atoms with Gasteiger partial charge in [0.25, 0.3) is 0 Å². The molecular formula is C13H13NO2. The third kappa shape index (κ3) is 1.84. The zero-order chi connectivity index (χ0) is 11.5. The molecule has 82 valence electrons. The van der Waals surface area contributed by atoms with Gasteiger partial charge in [0.15, 0.2) is 0 Å². The molecule has 0 aliphatic heterocycles. The lowest BCUT2D eigenvalue weighted by atomic mass is 10.2. The fraction of sp³-hybridized carbons (Fsp3) is 0.154. The minimum Gasteiger partial charge on any atom is -0.464 e. The molecule has 0 unspecified atom stereocenters. The number of hydrogen-bond acceptors (Lipinski definition) is 2. The van der Waals surface area contributed by atoms with Gasteiger partial charge in [0.2, 0.25) is 0 Å². The van der Waals surface area contributed by atoms with Crippen LogP contribution < -0.4 is 0 Å². The van der Waals surface area contributed by atoms with Gasteiger partial charge in [-0.05, 0) is 36.8 Å². The van der Waals surface area contributed by atoms with Gasteiger partial charge in [0.1, 0.15) is 5.69 Å². The number of rotatable bonds is 2. The van der Waals surface area contributed by atoms with Crippen molar-refractivity contribution in [1.82, 2.24) is 4.57 Å². The lowest BCUT2D eigenvalue weighted by Crippen LogP contribution is -2.08. The summed E-state index contributed by atoms with van der Waals surface area (Å²) in [6.07, 6.45) is 1.85. The largest absolute Gasteiger partial charge is 0.464 e. The fourth-order valence-electron chi connectivity index (χ4n) is 1.65. The normalized spacial score (nSPS) is 10.1. The number of aryl methyl sites for hydroxylation is 1. The fourth-order valence-corrected chi connectivity index (χ4v) is 1.65. The van der Waals surface area contributed by atoms with E-state index in [0.29, 0.717) is 5.69 Å². The van der Waals surface area contributed by atoms with Crippen molar-refractivity contribution in [3.63, 3.8) is 0 Å². The number of aromatic nitrogens is 1. The van der Waals surface area contributed by atoms with Gasteiger partial charge < -0.3 is 9.30 Å². The van der Waals surface area contributed by atoms with Gasteiger partial charge in [0, 0.05) is 11.9 Å². The maximum atomic E-state index is 11.5. The Morgan fingerprint density at radius 2 is 2.06 bits per heavy atom. The predicted octanol–water partition coefficient (Wildman–Crippen LogP) is 2.57. The third-order valence-corrected chi connectivity index (χ3v) is 2.42. The molecule has 0 amide bonds. The van der Waals surface area contributed by atoms with Gasteiger partial charge in [-0.1, -0.05) is 12.1 Å². The first-order valence-corrected chi connectivity index (χ1v) is 5.05. The quantitative estimate of drug-likeness (QED) is 0.721. The molecule has 0 fully saturated rings. The van der Waals surface area contributed by atoms with E-state index in [1.165, 1.54) is 7.11 Å². The van der Waals surface area contributed by atoms with E-state index in [9.17, 15) is 4.79 Å². The standard InChI is InChI=1S/C13H13NO2/c1-10-5-3-6-11(9-10)14-8-4-7-12(14)13(15)16-2/h3-9H,1-2H3. The molecule has 1 aromatic heterocycles. The summed E-state index contributed by atoms with van der Waals surface area (Å²) in [4.78, 5) is 11.5. The van der Waals surface area contributed by atoms with Gasteiger partial charge in [-0.25, -0.2) is 4.79 Å². The van der Waals surface area contributed by atoms with Crippen molar-refractivity contribution in [3.8, 4) is 5.69 Å². The summed E-state index contributed by atoms with van der Waals surface area (Å²) >= 11 is 0. The molecule has 3 nitrogen and oxygen atoms in total. The van der Waals surface area contributed by atoms with E-state index < -0.39 is 0 Å². The molecule has 1 aromatic carbocycles. The van der Waals surface area contributed by atoms with E-state index in [0.717, 1.165) is 11.3 Å². The summed E-state index contributed by atoms with van der Waals surface area (Å²) in [5, 5.41) is 0. The number of nitrogens with zero attached hydrogens (tertiary/aromatic N) is 1. The van der Waals surface area contributed by atoms with Crippen LogP contribution in [0.2, 0.25) is 0 Å². The summed E-state index contributed by atoms with van der Waals surface area (Å²) in [5.74, 6) is -0.327. The van der Waals surface area contributed by atoms with E-state index in [4.69, 9.17) is 4.74 Å². The van der Waals surface area contributed by atoms with Gasteiger partial charge in [-0.3, -0.25) is 0 Å². The number of methoxy groups -OCH3 is 1. The molecule has 0 atom stereocenters. The molecule has 16 heavy (non-hydrogen) atoms. The average Bonchev–Trinajstić information content (AvgIpc) is 2.77. The van der Waals surface area contributed by atoms with Gasteiger partial charge in [-0.2, -0.15) is 0 Å². The van der Waals surface area contributed by atoms with Gasteiger partial charge >= 0.3 is 5.97 Å². The van der Waals surface area contributed by atoms with Crippen LogP contribution in [0.5, 0.6) is 0 Å². The average molecular weight is 215 g/mol. The number of esters is 1. The summed E-state index contributed by atoms with van der Waals surface area (Å²) in [6.45, 7) is 2.02. The third-order valence-electron chi connectivity index (χ3n) is 2.42. The monoisotopic (exact) mass is 215 g/mol. The lowest BCUT2D eigenvalue weighted by Gasteiger charge is -2.08. The van der Waals surface area contributed by atoms with Crippen molar-refractivity contribution < 1.29 is 9.53 Å². The Labute approximate surface area is 94.3 Å². The zero-order valence-corrected chi connectivity index (χ0v) is 9.31. The van der Waals surface area contributed by atoms with Gasteiger partial charge in [0.05, 0.1) is 7.11 Å². The molecule has 0 aliphatic carbocycles. The Morgan fingerprint density at radius 3 is 2.75 bits per heavy atom. The predicted molar refractivity (Wildman–Crippen MR) is 61.8 cm³/mol. The number of ether oxygens (including phenoxy) is 1. The van der Waals surface area contributed by atoms with Crippen molar-refractivity contribution in [2.24, 2.45) is 0 Å². The Bertz CT molecular complexity index is 514. The zero-order valence-electron chi connectivity index (χ0n) is 9.31. The van der Waals surface area contributed by atoms with Crippen molar-refractivity contribution in [3.05, 3.63) is 53.9 Å². The minimum absolute atomic E-state index is 0.327. The van der Waals surface area contributed by atoms with Crippen molar-refractivity contribution in [2.45, 2.75) is 6.92 Å². The lowest BCUT2D eigenvalue weighted by molar-refractivity contribution is 0.0591. The first-order chi connectivity index (χ1) is 7.72. The summed E-state index contributed by atoms with van der Waals surface area (Å²) < 4.78 is 6.55. The highest BCUT2D eigenvalue weighted by Crippen LogP contribution is 2.14. The minimum atomic E-state index is -0.327. The first kappa shape index (κ1) is 10.5. The maximum Gasteiger partial charge on any atom is 0.355 e. The molecular weight excluding hydrogens is 202 g/mol. The Hall–Kier alpha value is -2.03. The van der Waals surface area contributed by atoms with Crippen LogP contribution >= 0.6 is 0 Å². The van der Waals surface area contributed by atoms with Crippen LogP contribution in [0.1, 0.15) is 16.1 Å². The Balaban J connectivity index is 2.48. The van der Waals surface area contributed by atoms with E-state index in [2.05, 4.69) is 0 Å². The van der Waals surface area contributed by atoms with Crippen molar-refractivity contribution >= 4 is 5.97 Å². The van der Waals surface area contributed by atoms with Crippen LogP contribution in [0.15, 0.2) is 42.6 Å². The van der Waals surface area contributed by atoms with Gasteiger partial charge in [-0.15, -0.1) is 0 Å². The van der Waals surface area contributed by atoms with E-state index in [1.54, 1.807) is 6.07 Å². The molecule has 0 bridgehead atoms. The number of benzene rings is 1. The van der Waals surface area contributed by atoms with Crippen LogP contribution in [-0.2, 0) is 4.74 Å². The molecule has 0 saturated carbocycles. The highest BCUT2D eigenvalue weighted by Gasteiger charge is 2.11. The van der Waals surface area contributed by atoms with Crippen LogP contribution in [-0.4, -0.2) is 17.6 Å². The maximum absolute atomic E-state index is 11.5. The molecule has 2 rings (SSSR count). The highest BCUT2D eigenvalue weighted by molar-refractivity contribution is 5.88. The van der Waals surface area contributed by atoms with E-state index >= 15 is 0 Å².